The Bertz CT molecular complexity index is 1080. The van der Waals surface area contributed by atoms with E-state index in [4.69, 9.17) is 4.74 Å². The van der Waals surface area contributed by atoms with E-state index in [1.54, 1.807) is 29.3 Å². The largest absolute Gasteiger partial charge is 0.496 e. The number of benzene rings is 1. The fourth-order valence-electron chi connectivity index (χ4n) is 4.91. The van der Waals surface area contributed by atoms with Gasteiger partial charge < -0.3 is 9.64 Å². The number of likely N-dealkylation sites (tertiary alicyclic amines) is 1. The normalized spacial score (nSPS) is 20.0. The summed E-state index contributed by atoms with van der Waals surface area (Å²) in [7, 11) is 1.66. The molecule has 152 valence electrons. The molecule has 1 saturated heterocycles. The molecule has 3 aromatic rings. The molecule has 1 aromatic carbocycles. The topological polar surface area (TPSA) is 47.4 Å². The fraction of sp³-hybridized carbons (Fsp3) is 0.478. The number of piperidine rings is 1. The Morgan fingerprint density at radius 3 is 2.86 bits per heavy atom. The van der Waals surface area contributed by atoms with E-state index >= 15 is 0 Å². The van der Waals surface area contributed by atoms with Crippen LogP contribution in [0, 0.1) is 0 Å². The number of methoxy groups -OCH3 is 1. The van der Waals surface area contributed by atoms with Gasteiger partial charge in [-0.15, -0.1) is 11.3 Å². The maximum atomic E-state index is 13.3. The smallest absolute Gasteiger partial charge is 0.262 e. The molecule has 2 aromatic heterocycles. The number of hydrogen-bond donors (Lipinski definition) is 0. The van der Waals surface area contributed by atoms with Gasteiger partial charge in [-0.3, -0.25) is 9.36 Å². The minimum Gasteiger partial charge on any atom is -0.496 e. The molecule has 0 bridgehead atoms. The molecule has 0 N–H and O–H groups in total. The zero-order valence-electron chi connectivity index (χ0n) is 16.9. The van der Waals surface area contributed by atoms with Gasteiger partial charge in [0.15, 0.2) is 0 Å². The summed E-state index contributed by atoms with van der Waals surface area (Å²) in [5.74, 6) is 0.802. The van der Waals surface area contributed by atoms with Crippen molar-refractivity contribution in [2.45, 2.75) is 51.1 Å². The van der Waals surface area contributed by atoms with E-state index in [1.807, 2.05) is 24.3 Å². The predicted molar refractivity (Wildman–Crippen MR) is 117 cm³/mol. The van der Waals surface area contributed by atoms with Crippen LogP contribution in [0.1, 0.15) is 41.7 Å². The number of aryl methyl sites for hydroxylation is 1. The maximum absolute atomic E-state index is 13.3. The average Bonchev–Trinajstić information content (AvgIpc) is 3.15. The molecule has 29 heavy (non-hydrogen) atoms. The summed E-state index contributed by atoms with van der Waals surface area (Å²) in [6, 6.07) is 8.48. The van der Waals surface area contributed by atoms with Crippen molar-refractivity contribution in [3.05, 3.63) is 57.0 Å². The van der Waals surface area contributed by atoms with Gasteiger partial charge in [-0.25, -0.2) is 4.98 Å². The van der Waals surface area contributed by atoms with Crippen LogP contribution in [-0.4, -0.2) is 40.7 Å². The first kappa shape index (κ1) is 18.8. The highest BCUT2D eigenvalue weighted by Gasteiger charge is 2.29. The molecule has 0 saturated carbocycles. The highest BCUT2D eigenvalue weighted by atomic mass is 32.1. The third kappa shape index (κ3) is 3.49. The number of thiophene rings is 1. The number of rotatable bonds is 4. The van der Waals surface area contributed by atoms with E-state index in [9.17, 15) is 4.79 Å². The van der Waals surface area contributed by atoms with Crippen LogP contribution in [0.4, 0.5) is 0 Å². The molecule has 0 spiro atoms. The highest BCUT2D eigenvalue weighted by molar-refractivity contribution is 7.18. The van der Waals surface area contributed by atoms with Gasteiger partial charge in [-0.05, 0) is 56.8 Å². The molecule has 0 radical (unpaired) electrons. The number of para-hydroxylation sites is 1. The lowest BCUT2D eigenvalue weighted by molar-refractivity contribution is 0.151. The Balaban J connectivity index is 1.47. The molecule has 3 heterocycles. The summed E-state index contributed by atoms with van der Waals surface area (Å²) in [6.07, 6.45) is 8.93. The first-order valence-corrected chi connectivity index (χ1v) is 11.4. The number of fused-ring (bicyclic) bond motifs is 3. The SMILES string of the molecule is COc1ccccc1Cn1cnc2sc3c(c2c1=O)CCC(N1CCCCC1)C3. The molecule has 1 aliphatic carbocycles. The van der Waals surface area contributed by atoms with Crippen molar-refractivity contribution in [3.63, 3.8) is 0 Å². The minimum atomic E-state index is 0.0785. The zero-order valence-corrected chi connectivity index (χ0v) is 17.7. The molecular weight excluding hydrogens is 382 g/mol. The van der Waals surface area contributed by atoms with Gasteiger partial charge in [0.25, 0.3) is 5.56 Å². The molecular formula is C23H27N3O2S. The van der Waals surface area contributed by atoms with Gasteiger partial charge in [0.2, 0.25) is 0 Å². The van der Waals surface area contributed by atoms with Crippen LogP contribution in [0.2, 0.25) is 0 Å². The Hall–Kier alpha value is -2.18. The third-order valence-electron chi connectivity index (χ3n) is 6.45. The van der Waals surface area contributed by atoms with E-state index < -0.39 is 0 Å². The van der Waals surface area contributed by atoms with E-state index in [2.05, 4.69) is 9.88 Å². The van der Waals surface area contributed by atoms with Crippen molar-refractivity contribution in [3.8, 4) is 5.75 Å². The van der Waals surface area contributed by atoms with Crippen LogP contribution < -0.4 is 10.3 Å². The second-order valence-electron chi connectivity index (χ2n) is 8.17. The van der Waals surface area contributed by atoms with Crippen LogP contribution >= 0.6 is 11.3 Å². The summed E-state index contributed by atoms with van der Waals surface area (Å²) in [5.41, 5.74) is 2.33. The Labute approximate surface area is 174 Å². The van der Waals surface area contributed by atoms with Crippen LogP contribution in [-0.2, 0) is 19.4 Å². The maximum Gasteiger partial charge on any atom is 0.262 e. The molecule has 6 heteroatoms. The standard InChI is InChI=1S/C23H27N3O2S/c1-28-19-8-4-3-7-16(19)14-26-15-24-22-21(23(26)27)18-10-9-17(13-20(18)29-22)25-11-5-2-6-12-25/h3-4,7-8,15,17H,2,5-6,9-14H2,1H3. The van der Waals surface area contributed by atoms with Crippen LogP contribution in [0.3, 0.4) is 0 Å². The van der Waals surface area contributed by atoms with Gasteiger partial charge in [0, 0.05) is 16.5 Å². The van der Waals surface area contributed by atoms with Crippen molar-refractivity contribution in [1.82, 2.24) is 14.5 Å². The number of ether oxygens (including phenoxy) is 1. The number of hydrogen-bond acceptors (Lipinski definition) is 5. The lowest BCUT2D eigenvalue weighted by Crippen LogP contribution is -2.42. The molecule has 5 rings (SSSR count). The van der Waals surface area contributed by atoms with E-state index in [0.717, 1.165) is 40.8 Å². The van der Waals surface area contributed by atoms with Gasteiger partial charge in [0.05, 0.1) is 25.4 Å². The summed E-state index contributed by atoms with van der Waals surface area (Å²) < 4.78 is 7.18. The summed E-state index contributed by atoms with van der Waals surface area (Å²) in [5, 5.41) is 0.847. The zero-order chi connectivity index (χ0) is 19.8. The predicted octanol–water partition coefficient (Wildman–Crippen LogP) is 3.86. The first-order chi connectivity index (χ1) is 14.2. The Kier molecular flexibility index (Phi) is 5.14. The molecule has 1 unspecified atom stereocenters. The molecule has 1 fully saturated rings. The minimum absolute atomic E-state index is 0.0785. The summed E-state index contributed by atoms with van der Waals surface area (Å²) >= 11 is 1.73. The highest BCUT2D eigenvalue weighted by Crippen LogP contribution is 2.35. The van der Waals surface area contributed by atoms with Crippen molar-refractivity contribution in [2.24, 2.45) is 0 Å². The second kappa shape index (κ2) is 7.92. The van der Waals surface area contributed by atoms with E-state index in [-0.39, 0.29) is 5.56 Å². The van der Waals surface area contributed by atoms with Crippen molar-refractivity contribution < 1.29 is 4.74 Å². The van der Waals surface area contributed by atoms with Gasteiger partial charge in [-0.1, -0.05) is 24.6 Å². The Morgan fingerprint density at radius 2 is 2.03 bits per heavy atom. The molecule has 2 aliphatic rings. The fourth-order valence-corrected chi connectivity index (χ4v) is 6.16. The number of aromatic nitrogens is 2. The summed E-state index contributed by atoms with van der Waals surface area (Å²) in [4.78, 5) is 22.9. The molecule has 1 aliphatic heterocycles. The van der Waals surface area contributed by atoms with E-state index in [0.29, 0.717) is 12.6 Å². The Morgan fingerprint density at radius 1 is 1.21 bits per heavy atom. The molecule has 0 amide bonds. The molecule has 1 atom stereocenters. The molecule has 5 nitrogen and oxygen atoms in total. The van der Waals surface area contributed by atoms with Crippen molar-refractivity contribution >= 4 is 21.6 Å². The van der Waals surface area contributed by atoms with Crippen LogP contribution in [0.15, 0.2) is 35.4 Å². The lowest BCUT2D eigenvalue weighted by Gasteiger charge is -2.36. The summed E-state index contributed by atoms with van der Waals surface area (Å²) in [6.45, 7) is 2.94. The van der Waals surface area contributed by atoms with Gasteiger partial charge in [0.1, 0.15) is 10.6 Å². The monoisotopic (exact) mass is 409 g/mol. The van der Waals surface area contributed by atoms with Crippen molar-refractivity contribution in [1.29, 1.82) is 0 Å². The van der Waals surface area contributed by atoms with Crippen LogP contribution in [0.5, 0.6) is 5.75 Å². The lowest BCUT2D eigenvalue weighted by atomic mass is 9.91. The van der Waals surface area contributed by atoms with Gasteiger partial charge in [-0.2, -0.15) is 0 Å². The van der Waals surface area contributed by atoms with Crippen LogP contribution in [0.25, 0.3) is 10.2 Å². The third-order valence-corrected chi connectivity index (χ3v) is 7.61. The number of nitrogens with zero attached hydrogens (tertiary/aromatic N) is 3. The average molecular weight is 410 g/mol. The first-order valence-electron chi connectivity index (χ1n) is 10.6. The second-order valence-corrected chi connectivity index (χ2v) is 9.25. The van der Waals surface area contributed by atoms with Crippen molar-refractivity contribution in [2.75, 3.05) is 20.2 Å². The van der Waals surface area contributed by atoms with Gasteiger partial charge >= 0.3 is 0 Å². The van der Waals surface area contributed by atoms with E-state index in [1.165, 1.54) is 42.8 Å². The quantitative estimate of drug-likeness (QED) is 0.657.